The van der Waals surface area contributed by atoms with Crippen LogP contribution < -0.4 is 11.1 Å². The monoisotopic (exact) mass is 316 g/mol. The van der Waals surface area contributed by atoms with Gasteiger partial charge in [0.1, 0.15) is 0 Å². The standard InChI is InChI=1S/C17H24N4O2/c1-17(2,3)16(23)19-8-4-5-9-21-11-20-13-10-12(15(18)22)6-7-14(13)21/h6-7,10-11H,4-5,8-9H2,1-3H3,(H2,18,22)(H,19,23). The van der Waals surface area contributed by atoms with Crippen molar-refractivity contribution in [3.63, 3.8) is 0 Å². The number of nitrogens with two attached hydrogens (primary N) is 1. The minimum atomic E-state index is -0.448. The van der Waals surface area contributed by atoms with E-state index in [2.05, 4.69) is 10.3 Å². The van der Waals surface area contributed by atoms with Crippen molar-refractivity contribution >= 4 is 22.8 Å². The van der Waals surface area contributed by atoms with Crippen LogP contribution in [-0.4, -0.2) is 27.9 Å². The Kier molecular flexibility index (Phi) is 5.03. The summed E-state index contributed by atoms with van der Waals surface area (Å²) in [5.74, 6) is -0.374. The van der Waals surface area contributed by atoms with E-state index in [4.69, 9.17) is 5.73 Å². The number of hydrogen-bond donors (Lipinski definition) is 2. The van der Waals surface area contributed by atoms with E-state index in [9.17, 15) is 9.59 Å². The van der Waals surface area contributed by atoms with E-state index >= 15 is 0 Å². The number of nitrogens with zero attached hydrogens (tertiary/aromatic N) is 2. The van der Waals surface area contributed by atoms with E-state index in [0.29, 0.717) is 12.1 Å². The summed E-state index contributed by atoms with van der Waals surface area (Å²) in [5.41, 5.74) is 7.14. The van der Waals surface area contributed by atoms with Gasteiger partial charge in [0.15, 0.2) is 0 Å². The molecule has 0 atom stereocenters. The Hall–Kier alpha value is -2.37. The van der Waals surface area contributed by atoms with Crippen LogP contribution in [0, 0.1) is 5.41 Å². The molecule has 2 aromatic rings. The number of rotatable bonds is 6. The molecular weight excluding hydrogens is 292 g/mol. The van der Waals surface area contributed by atoms with Crippen LogP contribution in [0.1, 0.15) is 44.0 Å². The first-order chi connectivity index (χ1) is 10.8. The second kappa shape index (κ2) is 6.81. The lowest BCUT2D eigenvalue weighted by molar-refractivity contribution is -0.128. The minimum Gasteiger partial charge on any atom is -0.366 e. The zero-order valence-electron chi connectivity index (χ0n) is 13.9. The highest BCUT2D eigenvalue weighted by molar-refractivity contribution is 5.96. The predicted octanol–water partition coefficient (Wildman–Crippen LogP) is 2.08. The summed E-state index contributed by atoms with van der Waals surface area (Å²) in [4.78, 5) is 27.2. The average molecular weight is 316 g/mol. The van der Waals surface area contributed by atoms with Crippen LogP contribution in [0.25, 0.3) is 11.0 Å². The Morgan fingerprint density at radius 3 is 2.65 bits per heavy atom. The summed E-state index contributed by atoms with van der Waals surface area (Å²) in [7, 11) is 0. The summed E-state index contributed by atoms with van der Waals surface area (Å²) in [6.45, 7) is 7.20. The maximum absolute atomic E-state index is 11.8. The molecule has 1 heterocycles. The SMILES string of the molecule is CC(C)(C)C(=O)NCCCCn1cnc2cc(C(N)=O)ccc21. The molecule has 1 aromatic heterocycles. The number of aromatic nitrogens is 2. The molecule has 0 unspecified atom stereocenters. The highest BCUT2D eigenvalue weighted by atomic mass is 16.2. The largest absolute Gasteiger partial charge is 0.366 e. The molecule has 3 N–H and O–H groups in total. The second-order valence-electron chi connectivity index (χ2n) is 6.72. The first kappa shape index (κ1) is 17.0. The lowest BCUT2D eigenvalue weighted by atomic mass is 9.96. The van der Waals surface area contributed by atoms with Gasteiger partial charge in [0, 0.05) is 24.1 Å². The fourth-order valence-electron chi connectivity index (χ4n) is 2.27. The van der Waals surface area contributed by atoms with Gasteiger partial charge in [-0.05, 0) is 31.0 Å². The molecule has 23 heavy (non-hydrogen) atoms. The molecule has 2 rings (SSSR count). The number of imidazole rings is 1. The highest BCUT2D eigenvalue weighted by Gasteiger charge is 2.20. The van der Waals surface area contributed by atoms with Crippen molar-refractivity contribution in [1.29, 1.82) is 0 Å². The molecule has 6 heteroatoms. The van der Waals surface area contributed by atoms with Crippen LogP contribution in [0.5, 0.6) is 0 Å². The van der Waals surface area contributed by atoms with Crippen LogP contribution in [0.2, 0.25) is 0 Å². The lowest BCUT2D eigenvalue weighted by Gasteiger charge is -2.17. The molecule has 0 spiro atoms. The molecule has 0 aliphatic carbocycles. The summed E-state index contributed by atoms with van der Waals surface area (Å²) in [6, 6.07) is 5.29. The number of nitrogens with one attached hydrogen (secondary N) is 1. The number of unbranched alkanes of at least 4 members (excludes halogenated alkanes) is 1. The predicted molar refractivity (Wildman–Crippen MR) is 89.9 cm³/mol. The third-order valence-electron chi connectivity index (χ3n) is 3.70. The van der Waals surface area contributed by atoms with Gasteiger partial charge >= 0.3 is 0 Å². The molecule has 0 saturated carbocycles. The van der Waals surface area contributed by atoms with Crippen molar-refractivity contribution in [2.75, 3.05) is 6.54 Å². The molecule has 0 saturated heterocycles. The molecule has 124 valence electrons. The van der Waals surface area contributed by atoms with Crippen molar-refractivity contribution < 1.29 is 9.59 Å². The number of benzene rings is 1. The second-order valence-corrected chi connectivity index (χ2v) is 6.72. The number of aryl methyl sites for hydroxylation is 1. The zero-order chi connectivity index (χ0) is 17.0. The van der Waals surface area contributed by atoms with Gasteiger partial charge in [-0.25, -0.2) is 4.98 Å². The van der Waals surface area contributed by atoms with Crippen LogP contribution in [0.3, 0.4) is 0 Å². The fraction of sp³-hybridized carbons (Fsp3) is 0.471. The number of fused-ring (bicyclic) bond motifs is 1. The van der Waals surface area contributed by atoms with Crippen LogP contribution in [-0.2, 0) is 11.3 Å². The number of carbonyl (C=O) groups is 2. The molecule has 0 fully saturated rings. The van der Waals surface area contributed by atoms with E-state index in [1.165, 1.54) is 0 Å². The average Bonchev–Trinajstić information content (AvgIpc) is 2.88. The number of primary amides is 1. The van der Waals surface area contributed by atoms with Gasteiger partial charge in [-0.15, -0.1) is 0 Å². The Morgan fingerprint density at radius 2 is 2.00 bits per heavy atom. The smallest absolute Gasteiger partial charge is 0.248 e. The molecule has 0 bridgehead atoms. The van der Waals surface area contributed by atoms with E-state index in [0.717, 1.165) is 30.4 Å². The third-order valence-corrected chi connectivity index (χ3v) is 3.70. The first-order valence-corrected chi connectivity index (χ1v) is 7.82. The quantitative estimate of drug-likeness (QED) is 0.799. The Balaban J connectivity index is 1.86. The minimum absolute atomic E-state index is 0.0737. The molecule has 2 amide bonds. The highest BCUT2D eigenvalue weighted by Crippen LogP contribution is 2.16. The number of hydrogen-bond acceptors (Lipinski definition) is 3. The summed E-state index contributed by atoms with van der Waals surface area (Å²) < 4.78 is 2.05. The fourth-order valence-corrected chi connectivity index (χ4v) is 2.27. The summed E-state index contributed by atoms with van der Waals surface area (Å²) in [5, 5.41) is 2.94. The van der Waals surface area contributed by atoms with Crippen molar-refractivity contribution in [3.05, 3.63) is 30.1 Å². The zero-order valence-corrected chi connectivity index (χ0v) is 13.9. The summed E-state index contributed by atoms with van der Waals surface area (Å²) in [6.07, 6.45) is 3.61. The van der Waals surface area contributed by atoms with Gasteiger partial charge in [-0.3, -0.25) is 9.59 Å². The first-order valence-electron chi connectivity index (χ1n) is 7.82. The third kappa shape index (κ3) is 4.31. The van der Waals surface area contributed by atoms with Gasteiger partial charge in [0.25, 0.3) is 0 Å². The molecule has 6 nitrogen and oxygen atoms in total. The lowest BCUT2D eigenvalue weighted by Crippen LogP contribution is -2.35. The number of carbonyl (C=O) groups excluding carboxylic acids is 2. The van der Waals surface area contributed by atoms with Gasteiger partial charge in [0.05, 0.1) is 17.4 Å². The Bertz CT molecular complexity index is 713. The van der Waals surface area contributed by atoms with Gasteiger partial charge in [0.2, 0.25) is 11.8 Å². The van der Waals surface area contributed by atoms with E-state index in [-0.39, 0.29) is 11.3 Å². The van der Waals surface area contributed by atoms with Gasteiger partial charge in [-0.2, -0.15) is 0 Å². The van der Waals surface area contributed by atoms with Crippen LogP contribution in [0.15, 0.2) is 24.5 Å². The Labute approximate surface area is 136 Å². The maximum atomic E-state index is 11.8. The molecular formula is C17H24N4O2. The van der Waals surface area contributed by atoms with Crippen molar-refractivity contribution in [2.24, 2.45) is 11.1 Å². The molecule has 0 aliphatic heterocycles. The van der Waals surface area contributed by atoms with E-state index in [1.54, 1.807) is 18.5 Å². The van der Waals surface area contributed by atoms with Crippen LogP contribution >= 0.6 is 0 Å². The molecule has 1 aromatic carbocycles. The van der Waals surface area contributed by atoms with Crippen molar-refractivity contribution in [2.45, 2.75) is 40.2 Å². The van der Waals surface area contributed by atoms with Crippen molar-refractivity contribution in [3.8, 4) is 0 Å². The van der Waals surface area contributed by atoms with Gasteiger partial charge in [-0.1, -0.05) is 20.8 Å². The van der Waals surface area contributed by atoms with Gasteiger partial charge < -0.3 is 15.6 Å². The molecule has 0 aliphatic rings. The van der Waals surface area contributed by atoms with E-state index < -0.39 is 5.91 Å². The summed E-state index contributed by atoms with van der Waals surface area (Å²) >= 11 is 0. The van der Waals surface area contributed by atoms with Crippen molar-refractivity contribution in [1.82, 2.24) is 14.9 Å². The normalized spacial score (nSPS) is 11.6. The van der Waals surface area contributed by atoms with Crippen LogP contribution in [0.4, 0.5) is 0 Å². The number of amides is 2. The maximum Gasteiger partial charge on any atom is 0.248 e. The van der Waals surface area contributed by atoms with E-state index in [1.807, 2.05) is 31.4 Å². The Morgan fingerprint density at radius 1 is 1.26 bits per heavy atom. The topological polar surface area (TPSA) is 90.0 Å². The molecule has 0 radical (unpaired) electrons.